The van der Waals surface area contributed by atoms with Crippen molar-refractivity contribution >= 4 is 35.0 Å². The average Bonchev–Trinajstić information content (AvgIpc) is 3.12. The minimum atomic E-state index is 0.728. The van der Waals surface area contributed by atoms with Crippen LogP contribution in [0.4, 0.5) is 0 Å². The molecule has 1 heterocycles. The molecule has 0 aliphatic rings. The Bertz CT molecular complexity index is 893. The lowest BCUT2D eigenvalue weighted by Crippen LogP contribution is -2.03. The quantitative estimate of drug-likeness (QED) is 0.221. The molecular formula is C23H27Cl2N3S. The van der Waals surface area contributed by atoms with E-state index in [1.54, 1.807) is 11.8 Å². The molecular weight excluding hydrogens is 421 g/mol. The van der Waals surface area contributed by atoms with Crippen molar-refractivity contribution in [3.05, 3.63) is 64.1 Å². The molecule has 0 aliphatic carbocycles. The summed E-state index contributed by atoms with van der Waals surface area (Å²) in [6.45, 7) is 3.17. The van der Waals surface area contributed by atoms with Gasteiger partial charge in [-0.15, -0.1) is 10.2 Å². The SMILES string of the molecule is CCCCCCCCn1c(SCc2cccc(Cl)c2)nnc1-c1ccc(Cl)cc1. The largest absolute Gasteiger partial charge is 0.302 e. The number of nitrogens with zero attached hydrogens (tertiary/aromatic N) is 3. The van der Waals surface area contributed by atoms with Crippen molar-refractivity contribution in [2.24, 2.45) is 0 Å². The van der Waals surface area contributed by atoms with Crippen molar-refractivity contribution in [2.75, 3.05) is 0 Å². The summed E-state index contributed by atoms with van der Waals surface area (Å²) in [4.78, 5) is 0. The molecule has 3 aromatic rings. The third kappa shape index (κ3) is 6.77. The van der Waals surface area contributed by atoms with Crippen LogP contribution in [0.2, 0.25) is 10.0 Å². The van der Waals surface area contributed by atoms with Gasteiger partial charge in [0.05, 0.1) is 0 Å². The predicted molar refractivity (Wildman–Crippen MR) is 125 cm³/mol. The number of unbranched alkanes of at least 4 members (excludes halogenated alkanes) is 5. The standard InChI is InChI=1S/C23H27Cl2N3S/c1-2-3-4-5-6-7-15-28-22(19-11-13-20(24)14-12-19)26-27-23(28)29-17-18-9-8-10-21(25)16-18/h8-14,16H,2-7,15,17H2,1H3. The second-order valence-electron chi connectivity index (χ2n) is 7.15. The van der Waals surface area contributed by atoms with Gasteiger partial charge >= 0.3 is 0 Å². The van der Waals surface area contributed by atoms with Crippen LogP contribution in [0.5, 0.6) is 0 Å². The summed E-state index contributed by atoms with van der Waals surface area (Å²) in [5.74, 6) is 1.72. The number of hydrogen-bond donors (Lipinski definition) is 0. The Morgan fingerprint density at radius 3 is 2.38 bits per heavy atom. The second kappa shape index (κ2) is 11.6. The van der Waals surface area contributed by atoms with Gasteiger partial charge in [0, 0.05) is 27.9 Å². The van der Waals surface area contributed by atoms with Gasteiger partial charge in [-0.05, 0) is 48.4 Å². The van der Waals surface area contributed by atoms with E-state index in [1.165, 1.54) is 37.7 Å². The molecule has 0 bridgehead atoms. The topological polar surface area (TPSA) is 30.7 Å². The van der Waals surface area contributed by atoms with E-state index in [0.29, 0.717) is 0 Å². The summed E-state index contributed by atoms with van der Waals surface area (Å²) in [6.07, 6.45) is 7.57. The summed E-state index contributed by atoms with van der Waals surface area (Å²) in [7, 11) is 0. The number of halogens is 2. The molecule has 0 saturated carbocycles. The van der Waals surface area contributed by atoms with E-state index in [-0.39, 0.29) is 0 Å². The van der Waals surface area contributed by atoms with Crippen molar-refractivity contribution in [2.45, 2.75) is 62.9 Å². The molecule has 0 radical (unpaired) electrons. The Labute approximate surface area is 187 Å². The Morgan fingerprint density at radius 2 is 1.62 bits per heavy atom. The smallest absolute Gasteiger partial charge is 0.191 e. The van der Waals surface area contributed by atoms with Crippen LogP contribution in [0.3, 0.4) is 0 Å². The van der Waals surface area contributed by atoms with E-state index >= 15 is 0 Å². The zero-order valence-electron chi connectivity index (χ0n) is 16.8. The molecule has 0 N–H and O–H groups in total. The van der Waals surface area contributed by atoms with Gasteiger partial charge in [-0.1, -0.05) is 86.1 Å². The highest BCUT2D eigenvalue weighted by Gasteiger charge is 2.14. The van der Waals surface area contributed by atoms with Crippen LogP contribution >= 0.6 is 35.0 Å². The first-order valence-electron chi connectivity index (χ1n) is 10.2. The fourth-order valence-corrected chi connectivity index (χ4v) is 4.48. The molecule has 0 amide bonds. The van der Waals surface area contributed by atoms with Crippen LogP contribution < -0.4 is 0 Å². The molecule has 0 atom stereocenters. The molecule has 3 nitrogen and oxygen atoms in total. The van der Waals surface area contributed by atoms with Crippen LogP contribution in [-0.4, -0.2) is 14.8 Å². The molecule has 0 saturated heterocycles. The summed E-state index contributed by atoms with van der Waals surface area (Å²) in [6, 6.07) is 15.8. The average molecular weight is 448 g/mol. The summed E-state index contributed by atoms with van der Waals surface area (Å²) in [5, 5.41) is 11.4. The van der Waals surface area contributed by atoms with E-state index in [2.05, 4.69) is 27.8 Å². The van der Waals surface area contributed by atoms with E-state index in [1.807, 2.05) is 42.5 Å². The summed E-state index contributed by atoms with van der Waals surface area (Å²) in [5.41, 5.74) is 2.23. The van der Waals surface area contributed by atoms with Gasteiger partial charge in [-0.3, -0.25) is 0 Å². The fourth-order valence-electron chi connectivity index (χ4n) is 3.23. The first-order chi connectivity index (χ1) is 14.2. The minimum Gasteiger partial charge on any atom is -0.302 e. The van der Waals surface area contributed by atoms with Crippen LogP contribution in [0.1, 0.15) is 51.0 Å². The van der Waals surface area contributed by atoms with E-state index < -0.39 is 0 Å². The second-order valence-corrected chi connectivity index (χ2v) is 8.97. The van der Waals surface area contributed by atoms with Crippen molar-refractivity contribution < 1.29 is 0 Å². The van der Waals surface area contributed by atoms with Gasteiger partial charge in [0.25, 0.3) is 0 Å². The first-order valence-corrected chi connectivity index (χ1v) is 12.0. The molecule has 6 heteroatoms. The van der Waals surface area contributed by atoms with E-state index in [9.17, 15) is 0 Å². The predicted octanol–water partition coefficient (Wildman–Crippen LogP) is 7.90. The van der Waals surface area contributed by atoms with Crippen molar-refractivity contribution in [1.29, 1.82) is 0 Å². The van der Waals surface area contributed by atoms with Crippen molar-refractivity contribution in [3.8, 4) is 11.4 Å². The van der Waals surface area contributed by atoms with Crippen LogP contribution in [0.25, 0.3) is 11.4 Å². The maximum Gasteiger partial charge on any atom is 0.191 e. The zero-order valence-corrected chi connectivity index (χ0v) is 19.1. The maximum atomic E-state index is 6.12. The highest BCUT2D eigenvalue weighted by atomic mass is 35.5. The highest BCUT2D eigenvalue weighted by molar-refractivity contribution is 7.98. The third-order valence-corrected chi connectivity index (χ3v) is 6.34. The first kappa shape index (κ1) is 22.2. The Morgan fingerprint density at radius 1 is 0.862 bits per heavy atom. The Hall–Kier alpha value is -1.49. The number of hydrogen-bond acceptors (Lipinski definition) is 3. The minimum absolute atomic E-state index is 0.728. The maximum absolute atomic E-state index is 6.12. The van der Waals surface area contributed by atoms with Gasteiger partial charge in [0.2, 0.25) is 0 Å². The fraction of sp³-hybridized carbons (Fsp3) is 0.391. The lowest BCUT2D eigenvalue weighted by Gasteiger charge is -2.11. The number of rotatable bonds is 11. The van der Waals surface area contributed by atoms with Crippen molar-refractivity contribution in [3.63, 3.8) is 0 Å². The third-order valence-electron chi connectivity index (χ3n) is 4.81. The normalized spacial score (nSPS) is 11.1. The van der Waals surface area contributed by atoms with Crippen molar-refractivity contribution in [1.82, 2.24) is 14.8 Å². The van der Waals surface area contributed by atoms with Gasteiger partial charge < -0.3 is 4.57 Å². The summed E-state index contributed by atoms with van der Waals surface area (Å²) < 4.78 is 2.25. The lowest BCUT2D eigenvalue weighted by atomic mass is 10.1. The number of thioether (sulfide) groups is 1. The number of aromatic nitrogens is 3. The molecule has 0 spiro atoms. The molecule has 29 heavy (non-hydrogen) atoms. The molecule has 154 valence electrons. The summed E-state index contributed by atoms with van der Waals surface area (Å²) >= 11 is 13.9. The molecule has 3 rings (SSSR count). The van der Waals surface area contributed by atoms with Crippen LogP contribution in [0.15, 0.2) is 53.7 Å². The van der Waals surface area contributed by atoms with Gasteiger partial charge in [-0.25, -0.2) is 0 Å². The van der Waals surface area contributed by atoms with Crippen LogP contribution in [-0.2, 0) is 12.3 Å². The molecule has 0 aliphatic heterocycles. The van der Waals surface area contributed by atoms with E-state index in [0.717, 1.165) is 45.3 Å². The Kier molecular flexibility index (Phi) is 8.91. The molecule has 1 aromatic heterocycles. The lowest BCUT2D eigenvalue weighted by molar-refractivity contribution is 0.539. The molecule has 2 aromatic carbocycles. The van der Waals surface area contributed by atoms with Gasteiger partial charge in [0.15, 0.2) is 11.0 Å². The van der Waals surface area contributed by atoms with Crippen LogP contribution in [0, 0.1) is 0 Å². The highest BCUT2D eigenvalue weighted by Crippen LogP contribution is 2.28. The Balaban J connectivity index is 1.72. The molecule has 0 fully saturated rings. The number of benzene rings is 2. The monoisotopic (exact) mass is 447 g/mol. The zero-order chi connectivity index (χ0) is 20.5. The van der Waals surface area contributed by atoms with Gasteiger partial charge in [0.1, 0.15) is 0 Å². The van der Waals surface area contributed by atoms with Gasteiger partial charge in [-0.2, -0.15) is 0 Å². The van der Waals surface area contributed by atoms with E-state index in [4.69, 9.17) is 23.2 Å². The molecule has 0 unspecified atom stereocenters.